The minimum Gasteiger partial charge on any atom is -0.457 e. The van der Waals surface area contributed by atoms with Crippen molar-refractivity contribution in [3.63, 3.8) is 0 Å². The topological polar surface area (TPSA) is 102 Å². The first-order chi connectivity index (χ1) is 11.1. The summed E-state index contributed by atoms with van der Waals surface area (Å²) in [5.41, 5.74) is 1.05. The van der Waals surface area contributed by atoms with Gasteiger partial charge in [0.15, 0.2) is 0 Å². The molecular formula is C16H16N2O5. The number of anilines is 1. The Balaban J connectivity index is 2.18. The third-order valence-corrected chi connectivity index (χ3v) is 3.07. The molecule has 0 aromatic heterocycles. The van der Waals surface area contributed by atoms with E-state index in [1.807, 2.05) is 30.3 Å². The maximum Gasteiger partial charge on any atom is 0.340 e. The van der Waals surface area contributed by atoms with Gasteiger partial charge in [-0.25, -0.2) is 4.79 Å². The summed E-state index contributed by atoms with van der Waals surface area (Å²) >= 11 is 0. The molecular weight excluding hydrogens is 300 g/mol. The van der Waals surface area contributed by atoms with E-state index >= 15 is 0 Å². The number of hydrogen-bond donors (Lipinski definition) is 2. The first kappa shape index (κ1) is 16.4. The third kappa shape index (κ3) is 4.52. The Kier molecular flexibility index (Phi) is 5.65. The molecule has 0 saturated carbocycles. The van der Waals surface area contributed by atoms with E-state index in [4.69, 9.17) is 9.84 Å². The van der Waals surface area contributed by atoms with Crippen molar-refractivity contribution in [2.24, 2.45) is 0 Å². The van der Waals surface area contributed by atoms with Crippen LogP contribution in [0.25, 0.3) is 0 Å². The Morgan fingerprint density at radius 1 is 1.22 bits per heavy atom. The molecule has 120 valence electrons. The summed E-state index contributed by atoms with van der Waals surface area (Å²) in [7, 11) is 0. The van der Waals surface area contributed by atoms with Crippen LogP contribution in [0, 0.1) is 10.1 Å². The summed E-state index contributed by atoms with van der Waals surface area (Å²) in [6, 6.07) is 13.0. The predicted molar refractivity (Wildman–Crippen MR) is 84.2 cm³/mol. The first-order valence-electron chi connectivity index (χ1n) is 6.96. The van der Waals surface area contributed by atoms with Gasteiger partial charge in [-0.1, -0.05) is 30.3 Å². The van der Waals surface area contributed by atoms with Crippen molar-refractivity contribution in [2.75, 3.05) is 18.5 Å². The number of carbonyl (C=O) groups is 1. The number of benzene rings is 2. The van der Waals surface area contributed by atoms with Crippen LogP contribution in [0.1, 0.15) is 15.9 Å². The molecule has 0 atom stereocenters. The smallest absolute Gasteiger partial charge is 0.340 e. The highest BCUT2D eigenvalue weighted by Crippen LogP contribution is 2.23. The molecule has 0 fully saturated rings. The van der Waals surface area contributed by atoms with E-state index in [-0.39, 0.29) is 31.0 Å². The van der Waals surface area contributed by atoms with Gasteiger partial charge in [-0.05, 0) is 11.6 Å². The van der Waals surface area contributed by atoms with Crippen molar-refractivity contribution >= 4 is 17.3 Å². The number of esters is 1. The second-order valence-corrected chi connectivity index (χ2v) is 4.70. The zero-order valence-electron chi connectivity index (χ0n) is 12.3. The Morgan fingerprint density at radius 3 is 2.61 bits per heavy atom. The maximum absolute atomic E-state index is 12.2. The number of nitrogens with zero attached hydrogens (tertiary/aromatic N) is 1. The van der Waals surface area contributed by atoms with Crippen molar-refractivity contribution in [1.29, 1.82) is 0 Å². The molecule has 0 saturated heterocycles. The molecule has 0 bridgehead atoms. The fraction of sp³-hybridized carbons (Fsp3) is 0.188. The van der Waals surface area contributed by atoms with Crippen molar-refractivity contribution in [3.8, 4) is 0 Å². The number of aliphatic hydroxyl groups excluding tert-OH is 1. The SMILES string of the molecule is O=C(OCc1ccccc1)c1cc([N+](=O)[O-])ccc1NCCO. The van der Waals surface area contributed by atoms with Crippen LogP contribution in [0.3, 0.4) is 0 Å². The molecule has 2 rings (SSSR count). The average molecular weight is 316 g/mol. The highest BCUT2D eigenvalue weighted by Gasteiger charge is 2.18. The second-order valence-electron chi connectivity index (χ2n) is 4.70. The number of non-ortho nitro benzene ring substituents is 1. The molecule has 0 radical (unpaired) electrons. The summed E-state index contributed by atoms with van der Waals surface area (Å²) in [5, 5.41) is 22.6. The Labute approximate surface area is 132 Å². The van der Waals surface area contributed by atoms with E-state index in [9.17, 15) is 14.9 Å². The van der Waals surface area contributed by atoms with Crippen LogP contribution >= 0.6 is 0 Å². The second kappa shape index (κ2) is 7.90. The first-order valence-corrected chi connectivity index (χ1v) is 6.96. The van der Waals surface area contributed by atoms with Crippen LogP contribution < -0.4 is 5.32 Å². The zero-order valence-corrected chi connectivity index (χ0v) is 12.3. The summed E-state index contributed by atoms with van der Waals surface area (Å²) in [6.07, 6.45) is 0. The van der Waals surface area contributed by atoms with Gasteiger partial charge < -0.3 is 15.2 Å². The van der Waals surface area contributed by atoms with Crippen molar-refractivity contribution in [1.82, 2.24) is 0 Å². The molecule has 0 spiro atoms. The lowest BCUT2D eigenvalue weighted by Gasteiger charge is -2.11. The van der Waals surface area contributed by atoms with Gasteiger partial charge >= 0.3 is 5.97 Å². The molecule has 0 unspecified atom stereocenters. The van der Waals surface area contributed by atoms with Gasteiger partial charge in [-0.2, -0.15) is 0 Å². The summed E-state index contributed by atoms with van der Waals surface area (Å²) < 4.78 is 5.21. The van der Waals surface area contributed by atoms with E-state index in [1.54, 1.807) is 0 Å². The summed E-state index contributed by atoms with van der Waals surface area (Å²) in [4.78, 5) is 22.5. The fourth-order valence-electron chi connectivity index (χ4n) is 1.96. The van der Waals surface area contributed by atoms with Gasteiger partial charge in [0.1, 0.15) is 6.61 Å². The van der Waals surface area contributed by atoms with Crippen molar-refractivity contribution in [2.45, 2.75) is 6.61 Å². The minimum absolute atomic E-state index is 0.0589. The van der Waals surface area contributed by atoms with Crippen molar-refractivity contribution in [3.05, 3.63) is 69.8 Å². The number of hydrogen-bond acceptors (Lipinski definition) is 6. The lowest BCUT2D eigenvalue weighted by molar-refractivity contribution is -0.384. The van der Waals surface area contributed by atoms with Crippen LogP contribution in [0.5, 0.6) is 0 Å². The standard InChI is InChI=1S/C16H16N2O5/c19-9-8-17-15-7-6-13(18(21)22)10-14(15)16(20)23-11-12-4-2-1-3-5-12/h1-7,10,17,19H,8-9,11H2. The lowest BCUT2D eigenvalue weighted by Crippen LogP contribution is -2.13. The molecule has 0 aliphatic rings. The quantitative estimate of drug-likeness (QED) is 0.462. The zero-order chi connectivity index (χ0) is 16.7. The van der Waals surface area contributed by atoms with Gasteiger partial charge in [0, 0.05) is 24.4 Å². The molecule has 2 aromatic rings. The van der Waals surface area contributed by atoms with Gasteiger partial charge in [0.2, 0.25) is 0 Å². The number of carbonyl (C=O) groups excluding carboxylic acids is 1. The number of nitrogens with one attached hydrogen (secondary N) is 1. The predicted octanol–water partition coefficient (Wildman–Crippen LogP) is 2.36. The average Bonchev–Trinajstić information content (AvgIpc) is 2.58. The van der Waals surface area contributed by atoms with E-state index in [0.717, 1.165) is 11.6 Å². The van der Waals surface area contributed by atoms with Crippen LogP contribution in [-0.2, 0) is 11.3 Å². The molecule has 2 N–H and O–H groups in total. The van der Waals surface area contributed by atoms with Crippen LogP contribution in [0.15, 0.2) is 48.5 Å². The van der Waals surface area contributed by atoms with Gasteiger partial charge in [0.25, 0.3) is 5.69 Å². The molecule has 7 heteroatoms. The normalized spacial score (nSPS) is 10.1. The highest BCUT2D eigenvalue weighted by molar-refractivity contribution is 5.96. The lowest BCUT2D eigenvalue weighted by atomic mass is 10.1. The Hall–Kier alpha value is -2.93. The van der Waals surface area contributed by atoms with E-state index in [0.29, 0.717) is 5.69 Å². The molecule has 0 aliphatic heterocycles. The molecule has 0 amide bonds. The Morgan fingerprint density at radius 2 is 1.96 bits per heavy atom. The molecule has 7 nitrogen and oxygen atoms in total. The number of aliphatic hydroxyl groups is 1. The monoisotopic (exact) mass is 316 g/mol. The molecule has 2 aromatic carbocycles. The largest absolute Gasteiger partial charge is 0.457 e. The van der Waals surface area contributed by atoms with Crippen LogP contribution in [0.4, 0.5) is 11.4 Å². The fourth-order valence-corrected chi connectivity index (χ4v) is 1.96. The minimum atomic E-state index is -0.669. The number of rotatable bonds is 7. The van der Waals surface area contributed by atoms with E-state index < -0.39 is 10.9 Å². The summed E-state index contributed by atoms with van der Waals surface area (Å²) in [6.45, 7) is 0.161. The summed E-state index contributed by atoms with van der Waals surface area (Å²) in [5.74, 6) is -0.669. The molecule has 0 heterocycles. The number of nitro groups is 1. The molecule has 23 heavy (non-hydrogen) atoms. The van der Waals surface area contributed by atoms with E-state index in [1.165, 1.54) is 12.1 Å². The van der Waals surface area contributed by atoms with Gasteiger partial charge in [-0.3, -0.25) is 10.1 Å². The van der Waals surface area contributed by atoms with Crippen LogP contribution in [0.2, 0.25) is 0 Å². The highest BCUT2D eigenvalue weighted by atomic mass is 16.6. The van der Waals surface area contributed by atoms with Gasteiger partial charge in [-0.15, -0.1) is 0 Å². The van der Waals surface area contributed by atoms with E-state index in [2.05, 4.69) is 5.32 Å². The number of nitro benzene ring substituents is 1. The third-order valence-electron chi connectivity index (χ3n) is 3.07. The molecule has 0 aliphatic carbocycles. The van der Waals surface area contributed by atoms with Gasteiger partial charge in [0.05, 0.1) is 17.1 Å². The number of ether oxygens (including phenoxy) is 1. The van der Waals surface area contributed by atoms with Crippen molar-refractivity contribution < 1.29 is 19.6 Å². The Bertz CT molecular complexity index is 688. The van der Waals surface area contributed by atoms with Crippen LogP contribution in [-0.4, -0.2) is 29.2 Å². The maximum atomic E-state index is 12.2.